The van der Waals surface area contributed by atoms with Gasteiger partial charge in [-0.3, -0.25) is 14.4 Å². The van der Waals surface area contributed by atoms with Gasteiger partial charge < -0.3 is 24.1 Å². The molecule has 0 amide bonds. The van der Waals surface area contributed by atoms with Crippen molar-refractivity contribution in [3.05, 3.63) is 34.9 Å². The fourth-order valence-electron chi connectivity index (χ4n) is 3.77. The molecule has 1 aliphatic carbocycles. The first kappa shape index (κ1) is 24.3. The fraction of sp³-hybridized carbons (Fsp3) is 0.571. The molecule has 0 radical (unpaired) electrons. The molecule has 0 bridgehead atoms. The Labute approximate surface area is 180 Å². The third-order valence-corrected chi connectivity index (χ3v) is 5.45. The number of halogens is 1. The Morgan fingerprint density at radius 3 is 2.20 bits per heavy atom. The van der Waals surface area contributed by atoms with Crippen LogP contribution in [0.3, 0.4) is 0 Å². The van der Waals surface area contributed by atoms with E-state index in [1.165, 1.54) is 21.1 Å². The molecule has 0 heterocycles. The number of ether oxygens (including phenoxy) is 4. The molecule has 1 aromatic carbocycles. The predicted octanol–water partition coefficient (Wildman–Crippen LogP) is 1.76. The lowest BCUT2D eigenvalue weighted by molar-refractivity contribution is -0.174. The maximum atomic E-state index is 13.0. The summed E-state index contributed by atoms with van der Waals surface area (Å²) in [7, 11) is 2.91. The lowest BCUT2D eigenvalue weighted by atomic mass is 9.61. The first-order chi connectivity index (χ1) is 14.2. The van der Waals surface area contributed by atoms with E-state index in [0.29, 0.717) is 5.56 Å². The van der Waals surface area contributed by atoms with Crippen LogP contribution in [0, 0.1) is 11.8 Å². The van der Waals surface area contributed by atoms with Gasteiger partial charge in [-0.2, -0.15) is 0 Å². The van der Waals surface area contributed by atoms with Gasteiger partial charge in [0.05, 0.1) is 24.7 Å². The highest BCUT2D eigenvalue weighted by atomic mass is 35.5. The SMILES string of the molecule is COCCOC(=O)C1C(=O)CC(C)(O)C(C(=O)OCCOC)C1c1ccccc1Cl. The highest BCUT2D eigenvalue weighted by Crippen LogP contribution is 2.48. The van der Waals surface area contributed by atoms with Crippen LogP contribution in [-0.2, 0) is 33.3 Å². The highest BCUT2D eigenvalue weighted by molar-refractivity contribution is 6.31. The van der Waals surface area contributed by atoms with Crippen LogP contribution in [-0.4, -0.2) is 69.1 Å². The van der Waals surface area contributed by atoms with Gasteiger partial charge in [0.25, 0.3) is 0 Å². The van der Waals surface area contributed by atoms with Crippen LogP contribution in [0.25, 0.3) is 0 Å². The molecule has 30 heavy (non-hydrogen) atoms. The Hall–Kier alpha value is -2.00. The summed E-state index contributed by atoms with van der Waals surface area (Å²) < 4.78 is 20.2. The average molecular weight is 443 g/mol. The standard InChI is InChI=1S/C21H27ClO8/c1-21(26)12-15(23)17(19(24)29-10-8-27-2)16(13-6-4-5-7-14(13)22)18(21)20(25)30-11-9-28-3/h4-7,16-18,26H,8-12H2,1-3H3. The molecule has 0 saturated heterocycles. The minimum absolute atomic E-state index is 0.0337. The zero-order valence-corrected chi connectivity index (χ0v) is 18.0. The van der Waals surface area contributed by atoms with Crippen molar-refractivity contribution in [3.63, 3.8) is 0 Å². The summed E-state index contributed by atoms with van der Waals surface area (Å²) in [6, 6.07) is 6.57. The summed E-state index contributed by atoms with van der Waals surface area (Å²) in [6.45, 7) is 1.62. The van der Waals surface area contributed by atoms with Crippen LogP contribution in [0.2, 0.25) is 5.02 Å². The Morgan fingerprint density at radius 2 is 1.63 bits per heavy atom. The van der Waals surface area contributed by atoms with E-state index in [0.717, 1.165) is 0 Å². The summed E-state index contributed by atoms with van der Waals surface area (Å²) in [5, 5.41) is 11.3. The summed E-state index contributed by atoms with van der Waals surface area (Å²) in [5.74, 6) is -5.67. The Bertz CT molecular complexity index is 763. The van der Waals surface area contributed by atoms with E-state index in [4.69, 9.17) is 30.5 Å². The number of aliphatic hydroxyl groups is 1. The van der Waals surface area contributed by atoms with Crippen molar-refractivity contribution in [2.75, 3.05) is 40.6 Å². The normalized spacial score (nSPS) is 26.3. The largest absolute Gasteiger partial charge is 0.463 e. The van der Waals surface area contributed by atoms with Gasteiger partial charge in [-0.15, -0.1) is 0 Å². The number of esters is 2. The van der Waals surface area contributed by atoms with E-state index in [9.17, 15) is 19.5 Å². The van der Waals surface area contributed by atoms with Crippen molar-refractivity contribution in [1.29, 1.82) is 0 Å². The van der Waals surface area contributed by atoms with Crippen LogP contribution in [0.15, 0.2) is 24.3 Å². The average Bonchev–Trinajstić information content (AvgIpc) is 2.67. The molecule has 166 valence electrons. The Kier molecular flexibility index (Phi) is 8.78. The topological polar surface area (TPSA) is 108 Å². The predicted molar refractivity (Wildman–Crippen MR) is 107 cm³/mol. The first-order valence-electron chi connectivity index (χ1n) is 9.55. The molecule has 4 atom stereocenters. The van der Waals surface area contributed by atoms with Crippen LogP contribution in [0.5, 0.6) is 0 Å². The lowest BCUT2D eigenvalue weighted by Crippen LogP contribution is -2.55. The van der Waals surface area contributed by atoms with Gasteiger partial charge >= 0.3 is 11.9 Å². The number of ketones is 1. The maximum absolute atomic E-state index is 13.0. The summed E-state index contributed by atoms with van der Waals surface area (Å²) >= 11 is 6.35. The van der Waals surface area contributed by atoms with Crippen molar-refractivity contribution in [3.8, 4) is 0 Å². The van der Waals surface area contributed by atoms with Gasteiger partial charge in [-0.05, 0) is 18.6 Å². The number of rotatable bonds is 9. The minimum atomic E-state index is -1.74. The lowest BCUT2D eigenvalue weighted by Gasteiger charge is -2.43. The first-order valence-corrected chi connectivity index (χ1v) is 9.93. The maximum Gasteiger partial charge on any atom is 0.317 e. The smallest absolute Gasteiger partial charge is 0.317 e. The van der Waals surface area contributed by atoms with Gasteiger partial charge in [-0.1, -0.05) is 29.8 Å². The summed E-state index contributed by atoms with van der Waals surface area (Å²) in [5.41, 5.74) is -1.36. The van der Waals surface area contributed by atoms with Crippen LogP contribution in [0.4, 0.5) is 0 Å². The van der Waals surface area contributed by atoms with Gasteiger partial charge in [0, 0.05) is 31.6 Å². The third-order valence-electron chi connectivity index (χ3n) is 5.10. The van der Waals surface area contributed by atoms with Crippen molar-refractivity contribution in [2.24, 2.45) is 11.8 Å². The second-order valence-electron chi connectivity index (χ2n) is 7.32. The monoisotopic (exact) mass is 442 g/mol. The molecule has 1 fully saturated rings. The molecule has 4 unspecified atom stereocenters. The van der Waals surface area contributed by atoms with E-state index in [2.05, 4.69) is 0 Å². The molecule has 1 aromatic rings. The number of methoxy groups -OCH3 is 2. The number of hydrogen-bond acceptors (Lipinski definition) is 8. The molecule has 9 heteroatoms. The van der Waals surface area contributed by atoms with Gasteiger partial charge in [0.15, 0.2) is 5.78 Å². The fourth-order valence-corrected chi connectivity index (χ4v) is 4.03. The molecule has 8 nitrogen and oxygen atoms in total. The number of carbonyl (C=O) groups is 3. The third kappa shape index (κ3) is 5.57. The zero-order chi connectivity index (χ0) is 22.3. The van der Waals surface area contributed by atoms with Crippen LogP contribution in [0.1, 0.15) is 24.8 Å². The summed E-state index contributed by atoms with van der Waals surface area (Å²) in [4.78, 5) is 38.7. The Balaban J connectivity index is 2.49. The molecule has 2 rings (SSSR count). The minimum Gasteiger partial charge on any atom is -0.463 e. The molecule has 1 saturated carbocycles. The number of Topliss-reactive ketones (excluding diaryl/α,β-unsaturated/α-hetero) is 1. The molecule has 0 aliphatic heterocycles. The van der Waals surface area contributed by atoms with Gasteiger partial charge in [0.2, 0.25) is 0 Å². The van der Waals surface area contributed by atoms with E-state index in [-0.39, 0.29) is 31.5 Å². The number of hydrogen-bond donors (Lipinski definition) is 1. The molecule has 0 spiro atoms. The van der Waals surface area contributed by atoms with Crippen molar-refractivity contribution < 1.29 is 38.4 Å². The number of benzene rings is 1. The van der Waals surface area contributed by atoms with Crippen molar-refractivity contribution >= 4 is 29.3 Å². The molecule has 0 aromatic heterocycles. The van der Waals surface area contributed by atoms with Crippen LogP contribution < -0.4 is 0 Å². The molecule has 1 aliphatic rings. The quantitative estimate of drug-likeness (QED) is 0.350. The van der Waals surface area contributed by atoms with E-state index in [1.54, 1.807) is 24.3 Å². The molecule has 1 N–H and O–H groups in total. The molecular formula is C21H27ClO8. The zero-order valence-electron chi connectivity index (χ0n) is 17.3. The highest BCUT2D eigenvalue weighted by Gasteiger charge is 2.57. The summed E-state index contributed by atoms with van der Waals surface area (Å²) in [6.07, 6.45) is -0.401. The van der Waals surface area contributed by atoms with E-state index in [1.807, 2.05) is 0 Å². The van der Waals surface area contributed by atoms with Gasteiger partial charge in [-0.25, -0.2) is 0 Å². The second-order valence-corrected chi connectivity index (χ2v) is 7.73. The van der Waals surface area contributed by atoms with E-state index >= 15 is 0 Å². The van der Waals surface area contributed by atoms with Crippen molar-refractivity contribution in [2.45, 2.75) is 24.9 Å². The van der Waals surface area contributed by atoms with Crippen LogP contribution >= 0.6 is 11.6 Å². The van der Waals surface area contributed by atoms with Gasteiger partial charge in [0.1, 0.15) is 19.1 Å². The molecular weight excluding hydrogens is 416 g/mol. The van der Waals surface area contributed by atoms with E-state index < -0.39 is 47.5 Å². The van der Waals surface area contributed by atoms with Crippen molar-refractivity contribution in [1.82, 2.24) is 0 Å². The Morgan fingerprint density at radius 1 is 1.07 bits per heavy atom. The number of carbonyl (C=O) groups excluding carboxylic acids is 3. The second kappa shape index (κ2) is 10.9.